The number of anilines is 1. The van der Waals surface area contributed by atoms with Crippen LogP contribution in [0.5, 0.6) is 0 Å². The number of hydrogen-bond acceptors (Lipinski definition) is 4. The molecular weight excluding hydrogens is 338 g/mol. The zero-order valence-corrected chi connectivity index (χ0v) is 16.0. The van der Waals surface area contributed by atoms with Gasteiger partial charge in [0.25, 0.3) is 0 Å². The van der Waals surface area contributed by atoms with Crippen LogP contribution in [-0.2, 0) is 11.3 Å². The minimum absolute atomic E-state index is 0.0677. The summed E-state index contributed by atoms with van der Waals surface area (Å²) in [6.45, 7) is 7.54. The van der Waals surface area contributed by atoms with E-state index in [1.54, 1.807) is 6.92 Å². The quantitative estimate of drug-likeness (QED) is 0.800. The third-order valence-electron chi connectivity index (χ3n) is 5.19. The van der Waals surface area contributed by atoms with Crippen molar-refractivity contribution in [2.45, 2.75) is 26.4 Å². The van der Waals surface area contributed by atoms with Crippen LogP contribution in [0.1, 0.15) is 29.8 Å². The molecule has 1 amide bonds. The standard InChI is InChI=1S/C22H27N3O2/c1-17(22(27)23-16-19-6-4-3-5-7-19)24-12-14-25(15-13-24)21-10-8-20(9-11-21)18(2)26/h3-11,17H,12-16H2,1-2H3,(H,23,27). The van der Waals surface area contributed by atoms with Gasteiger partial charge in [0, 0.05) is 44.0 Å². The van der Waals surface area contributed by atoms with Gasteiger partial charge < -0.3 is 10.2 Å². The van der Waals surface area contributed by atoms with Crippen molar-refractivity contribution < 1.29 is 9.59 Å². The number of hydrogen-bond donors (Lipinski definition) is 1. The average Bonchev–Trinajstić information content (AvgIpc) is 2.72. The van der Waals surface area contributed by atoms with E-state index in [1.165, 1.54) is 0 Å². The van der Waals surface area contributed by atoms with Gasteiger partial charge in [-0.15, -0.1) is 0 Å². The summed E-state index contributed by atoms with van der Waals surface area (Å²) >= 11 is 0. The Kier molecular flexibility index (Phi) is 6.24. The average molecular weight is 365 g/mol. The van der Waals surface area contributed by atoms with Crippen LogP contribution >= 0.6 is 0 Å². The fourth-order valence-electron chi connectivity index (χ4n) is 3.37. The normalized spacial score (nSPS) is 16.0. The largest absolute Gasteiger partial charge is 0.369 e. The first-order chi connectivity index (χ1) is 13.0. The lowest BCUT2D eigenvalue weighted by atomic mass is 10.1. The number of benzene rings is 2. The predicted octanol–water partition coefficient (Wildman–Crippen LogP) is 2.72. The number of amides is 1. The second-order valence-electron chi connectivity index (χ2n) is 7.01. The molecule has 0 aliphatic carbocycles. The molecule has 5 heteroatoms. The summed E-state index contributed by atoms with van der Waals surface area (Å²) in [7, 11) is 0. The number of piperazine rings is 1. The molecule has 0 saturated carbocycles. The van der Waals surface area contributed by atoms with Crippen molar-refractivity contribution in [1.29, 1.82) is 0 Å². The predicted molar refractivity (Wildman–Crippen MR) is 108 cm³/mol. The zero-order valence-electron chi connectivity index (χ0n) is 16.0. The van der Waals surface area contributed by atoms with Gasteiger partial charge in [-0.2, -0.15) is 0 Å². The van der Waals surface area contributed by atoms with Crippen molar-refractivity contribution >= 4 is 17.4 Å². The minimum Gasteiger partial charge on any atom is -0.369 e. The number of nitrogens with one attached hydrogen (secondary N) is 1. The van der Waals surface area contributed by atoms with Gasteiger partial charge in [-0.1, -0.05) is 30.3 Å². The first-order valence-corrected chi connectivity index (χ1v) is 9.46. The van der Waals surface area contributed by atoms with Gasteiger partial charge in [-0.3, -0.25) is 14.5 Å². The molecule has 1 N–H and O–H groups in total. The Balaban J connectivity index is 1.49. The molecule has 0 radical (unpaired) electrons. The number of Topliss-reactive ketones (excluding diaryl/α,β-unsaturated/α-hetero) is 1. The lowest BCUT2D eigenvalue weighted by molar-refractivity contribution is -0.126. The third kappa shape index (κ3) is 4.95. The third-order valence-corrected chi connectivity index (χ3v) is 5.19. The summed E-state index contributed by atoms with van der Waals surface area (Å²) in [6, 6.07) is 17.6. The van der Waals surface area contributed by atoms with Crippen LogP contribution in [0.15, 0.2) is 54.6 Å². The summed E-state index contributed by atoms with van der Waals surface area (Å²) in [5, 5.41) is 3.03. The van der Waals surface area contributed by atoms with E-state index >= 15 is 0 Å². The first-order valence-electron chi connectivity index (χ1n) is 9.46. The highest BCUT2D eigenvalue weighted by Gasteiger charge is 2.25. The second-order valence-corrected chi connectivity index (χ2v) is 7.01. The van der Waals surface area contributed by atoms with Crippen LogP contribution < -0.4 is 10.2 Å². The van der Waals surface area contributed by atoms with E-state index in [9.17, 15) is 9.59 Å². The van der Waals surface area contributed by atoms with Crippen molar-refractivity contribution in [3.63, 3.8) is 0 Å². The lowest BCUT2D eigenvalue weighted by Gasteiger charge is -2.38. The number of carbonyl (C=O) groups excluding carboxylic acids is 2. The van der Waals surface area contributed by atoms with Gasteiger partial charge in [-0.05, 0) is 43.7 Å². The Hall–Kier alpha value is -2.66. The van der Waals surface area contributed by atoms with Crippen molar-refractivity contribution in [3.05, 3.63) is 65.7 Å². The van der Waals surface area contributed by atoms with E-state index in [0.29, 0.717) is 6.54 Å². The molecule has 1 fully saturated rings. The fourth-order valence-corrected chi connectivity index (χ4v) is 3.37. The van der Waals surface area contributed by atoms with E-state index in [0.717, 1.165) is 43.0 Å². The van der Waals surface area contributed by atoms with Crippen molar-refractivity contribution in [2.75, 3.05) is 31.1 Å². The molecule has 0 bridgehead atoms. The summed E-state index contributed by atoms with van der Waals surface area (Å²) in [6.07, 6.45) is 0. The van der Waals surface area contributed by atoms with Gasteiger partial charge in [-0.25, -0.2) is 0 Å². The molecule has 1 aliphatic heterocycles. The number of ketones is 1. The fraction of sp³-hybridized carbons (Fsp3) is 0.364. The number of rotatable bonds is 6. The van der Waals surface area contributed by atoms with Gasteiger partial charge in [0.1, 0.15) is 0 Å². The zero-order chi connectivity index (χ0) is 19.2. The van der Waals surface area contributed by atoms with Gasteiger partial charge in [0.2, 0.25) is 5.91 Å². The highest BCUT2D eigenvalue weighted by molar-refractivity contribution is 5.94. The topological polar surface area (TPSA) is 52.7 Å². The smallest absolute Gasteiger partial charge is 0.237 e. The highest BCUT2D eigenvalue weighted by atomic mass is 16.2. The Labute approximate surface area is 161 Å². The molecule has 0 aromatic heterocycles. The Morgan fingerprint density at radius 2 is 1.59 bits per heavy atom. The van der Waals surface area contributed by atoms with Crippen molar-refractivity contribution in [3.8, 4) is 0 Å². The van der Waals surface area contributed by atoms with Gasteiger partial charge in [0.05, 0.1) is 6.04 Å². The number of carbonyl (C=O) groups is 2. The highest BCUT2D eigenvalue weighted by Crippen LogP contribution is 2.18. The monoisotopic (exact) mass is 365 g/mol. The molecule has 0 spiro atoms. The van der Waals surface area contributed by atoms with Crippen LogP contribution in [0.4, 0.5) is 5.69 Å². The SMILES string of the molecule is CC(=O)c1ccc(N2CCN(C(C)C(=O)NCc3ccccc3)CC2)cc1. The van der Waals surface area contributed by atoms with E-state index < -0.39 is 0 Å². The molecule has 1 atom stereocenters. The van der Waals surface area contributed by atoms with E-state index in [1.807, 2.05) is 61.5 Å². The Morgan fingerprint density at radius 1 is 0.963 bits per heavy atom. The minimum atomic E-state index is -0.143. The molecule has 2 aromatic carbocycles. The van der Waals surface area contributed by atoms with Crippen LogP contribution in [0.3, 0.4) is 0 Å². The van der Waals surface area contributed by atoms with E-state index in [4.69, 9.17) is 0 Å². The van der Waals surface area contributed by atoms with Crippen LogP contribution in [0, 0.1) is 0 Å². The Bertz CT molecular complexity index is 766. The molecule has 1 unspecified atom stereocenters. The summed E-state index contributed by atoms with van der Waals surface area (Å²) in [5.74, 6) is 0.153. The van der Waals surface area contributed by atoms with Crippen LogP contribution in [0.25, 0.3) is 0 Å². The van der Waals surface area contributed by atoms with Crippen molar-refractivity contribution in [2.24, 2.45) is 0 Å². The maximum absolute atomic E-state index is 12.5. The van der Waals surface area contributed by atoms with E-state index in [2.05, 4.69) is 15.1 Å². The van der Waals surface area contributed by atoms with Crippen molar-refractivity contribution in [1.82, 2.24) is 10.2 Å². The van der Waals surface area contributed by atoms with Crippen LogP contribution in [0.2, 0.25) is 0 Å². The molecule has 27 heavy (non-hydrogen) atoms. The molecule has 3 rings (SSSR count). The molecule has 1 heterocycles. The summed E-state index contributed by atoms with van der Waals surface area (Å²) in [4.78, 5) is 28.4. The molecular formula is C22H27N3O2. The van der Waals surface area contributed by atoms with Gasteiger partial charge >= 0.3 is 0 Å². The molecule has 1 aliphatic rings. The van der Waals surface area contributed by atoms with Crippen LogP contribution in [-0.4, -0.2) is 48.8 Å². The van der Waals surface area contributed by atoms with E-state index in [-0.39, 0.29) is 17.7 Å². The number of nitrogens with zero attached hydrogens (tertiary/aromatic N) is 2. The molecule has 5 nitrogen and oxygen atoms in total. The second kappa shape index (κ2) is 8.82. The Morgan fingerprint density at radius 3 is 2.19 bits per heavy atom. The molecule has 2 aromatic rings. The summed E-state index contributed by atoms with van der Waals surface area (Å²) in [5.41, 5.74) is 2.97. The van der Waals surface area contributed by atoms with Gasteiger partial charge in [0.15, 0.2) is 5.78 Å². The lowest BCUT2D eigenvalue weighted by Crippen LogP contribution is -2.53. The molecule has 142 valence electrons. The maximum atomic E-state index is 12.5. The molecule has 1 saturated heterocycles. The maximum Gasteiger partial charge on any atom is 0.237 e. The first kappa shape index (κ1) is 19.1. The summed E-state index contributed by atoms with van der Waals surface area (Å²) < 4.78 is 0.